The van der Waals surface area contributed by atoms with Crippen molar-refractivity contribution in [3.63, 3.8) is 0 Å². The van der Waals surface area contributed by atoms with Crippen LogP contribution in [0.4, 0.5) is 0 Å². The van der Waals surface area contributed by atoms with E-state index >= 15 is 0 Å². The van der Waals surface area contributed by atoms with Gasteiger partial charge in [0.05, 0.1) is 6.61 Å². The molecule has 0 atom stereocenters. The zero-order valence-electron chi connectivity index (χ0n) is 16.5. The quantitative estimate of drug-likeness (QED) is 0.375. The summed E-state index contributed by atoms with van der Waals surface area (Å²) in [5.74, 6) is -0.347. The topological polar surface area (TPSA) is 93.5 Å². The summed E-state index contributed by atoms with van der Waals surface area (Å²) in [6.07, 6.45) is 2.96. The summed E-state index contributed by atoms with van der Waals surface area (Å²) in [7, 11) is 3.75. The van der Waals surface area contributed by atoms with Crippen LogP contribution in [-0.4, -0.2) is 39.1 Å². The molecule has 0 spiro atoms. The summed E-state index contributed by atoms with van der Waals surface area (Å²) < 4.78 is 4.71. The van der Waals surface area contributed by atoms with Gasteiger partial charge in [0.25, 0.3) is 0 Å². The van der Waals surface area contributed by atoms with Crippen molar-refractivity contribution in [2.75, 3.05) is 27.2 Å². The van der Waals surface area contributed by atoms with Crippen LogP contribution in [0.5, 0.6) is 0 Å². The van der Waals surface area contributed by atoms with Crippen LogP contribution in [0.2, 0.25) is 0 Å². The number of ether oxygens (including phenoxy) is 1. The van der Waals surface area contributed by atoms with Crippen molar-refractivity contribution in [1.29, 1.82) is 0 Å². The minimum absolute atomic E-state index is 0.0524. The van der Waals surface area contributed by atoms with E-state index in [4.69, 9.17) is 10.5 Å². The summed E-state index contributed by atoms with van der Waals surface area (Å²) in [6.45, 7) is 13.8. The molecular weight excluding hydrogens is 306 g/mol. The standard InChI is InChI=1S/C9H18N2O.C7H12O2.C2H7N/c1-4-5-6-11-9(12)7(2)8(3)10;1-4-5-9-7(8)6(2)3;1-3-2/h4-6,10H2,1-3H3,(H,11,12);2,4-5H2,1,3H3;3H,1-2H3/b8-7-;;. The number of esters is 1. The molecule has 0 aromatic rings. The fourth-order valence-corrected chi connectivity index (χ4v) is 1.01. The van der Waals surface area contributed by atoms with E-state index in [1.807, 2.05) is 21.0 Å². The molecule has 0 aliphatic carbocycles. The van der Waals surface area contributed by atoms with Crippen molar-refractivity contribution in [3.8, 4) is 0 Å². The Morgan fingerprint density at radius 3 is 1.92 bits per heavy atom. The molecule has 1 amide bonds. The van der Waals surface area contributed by atoms with E-state index in [-0.39, 0.29) is 11.9 Å². The number of nitrogens with two attached hydrogens (primary N) is 1. The molecule has 24 heavy (non-hydrogen) atoms. The normalized spacial score (nSPS) is 10.1. The number of unbranched alkanes of at least 4 members (excludes halogenated alkanes) is 1. The van der Waals surface area contributed by atoms with E-state index in [2.05, 4.69) is 24.1 Å². The van der Waals surface area contributed by atoms with Gasteiger partial charge in [-0.25, -0.2) is 4.79 Å². The number of amides is 1. The molecular formula is C18H37N3O3. The SMILES string of the molecule is C=C(C)C(=O)OCCC.CCCCNC(=O)/C(C)=C(/C)N.CNC. The Labute approximate surface area is 147 Å². The van der Waals surface area contributed by atoms with Gasteiger partial charge in [-0.1, -0.05) is 26.8 Å². The third-order valence-corrected chi connectivity index (χ3v) is 2.53. The molecule has 0 rings (SSSR count). The molecule has 0 saturated carbocycles. The van der Waals surface area contributed by atoms with E-state index in [1.54, 1.807) is 20.8 Å². The van der Waals surface area contributed by atoms with Crippen LogP contribution in [0.25, 0.3) is 0 Å². The van der Waals surface area contributed by atoms with E-state index < -0.39 is 0 Å². The van der Waals surface area contributed by atoms with Gasteiger partial charge in [0.15, 0.2) is 0 Å². The van der Waals surface area contributed by atoms with E-state index in [0.717, 1.165) is 25.8 Å². The van der Waals surface area contributed by atoms with Crippen LogP contribution in [0.3, 0.4) is 0 Å². The lowest BCUT2D eigenvalue weighted by Crippen LogP contribution is -2.26. The summed E-state index contributed by atoms with van der Waals surface area (Å²) in [5, 5.41) is 5.54. The highest BCUT2D eigenvalue weighted by Crippen LogP contribution is 1.96. The summed E-state index contributed by atoms with van der Waals surface area (Å²) in [4.78, 5) is 21.8. The Hall–Kier alpha value is -1.82. The van der Waals surface area contributed by atoms with Gasteiger partial charge in [0, 0.05) is 23.4 Å². The van der Waals surface area contributed by atoms with Crippen molar-refractivity contribution in [2.45, 2.75) is 53.9 Å². The first-order valence-corrected chi connectivity index (χ1v) is 8.31. The lowest BCUT2D eigenvalue weighted by molar-refractivity contribution is -0.138. The van der Waals surface area contributed by atoms with E-state index in [9.17, 15) is 9.59 Å². The maximum atomic E-state index is 11.2. The first-order chi connectivity index (χ1) is 11.2. The number of carbonyl (C=O) groups is 2. The predicted octanol–water partition coefficient (Wildman–Crippen LogP) is 2.51. The molecule has 0 aliphatic heterocycles. The maximum absolute atomic E-state index is 11.2. The molecule has 4 N–H and O–H groups in total. The Bertz CT molecular complexity index is 387. The Kier molecular flexibility index (Phi) is 21.7. The third kappa shape index (κ3) is 20.2. The van der Waals surface area contributed by atoms with Crippen molar-refractivity contribution in [3.05, 3.63) is 23.4 Å². The predicted molar refractivity (Wildman–Crippen MR) is 102 cm³/mol. The number of rotatable bonds is 7. The Morgan fingerprint density at radius 1 is 1.08 bits per heavy atom. The van der Waals surface area contributed by atoms with E-state index in [0.29, 0.717) is 23.5 Å². The van der Waals surface area contributed by atoms with Gasteiger partial charge in [-0.05, 0) is 47.7 Å². The molecule has 0 saturated heterocycles. The molecule has 0 aromatic carbocycles. The summed E-state index contributed by atoms with van der Waals surface area (Å²) >= 11 is 0. The van der Waals surface area contributed by atoms with Gasteiger partial charge in [-0.2, -0.15) is 0 Å². The number of hydrogen-bond donors (Lipinski definition) is 3. The monoisotopic (exact) mass is 343 g/mol. The van der Waals surface area contributed by atoms with Crippen LogP contribution < -0.4 is 16.4 Å². The van der Waals surface area contributed by atoms with Crippen LogP contribution in [0.15, 0.2) is 23.4 Å². The zero-order chi connectivity index (χ0) is 19.5. The average molecular weight is 344 g/mol. The van der Waals surface area contributed by atoms with Crippen molar-refractivity contribution in [2.24, 2.45) is 5.73 Å². The zero-order valence-corrected chi connectivity index (χ0v) is 16.5. The first-order valence-electron chi connectivity index (χ1n) is 8.31. The molecule has 142 valence electrons. The van der Waals surface area contributed by atoms with Gasteiger partial charge in [0.1, 0.15) is 0 Å². The van der Waals surface area contributed by atoms with Crippen LogP contribution in [0, 0.1) is 0 Å². The number of nitrogens with one attached hydrogen (secondary N) is 2. The third-order valence-electron chi connectivity index (χ3n) is 2.53. The fourth-order valence-electron chi connectivity index (χ4n) is 1.01. The minimum Gasteiger partial charge on any atom is -0.462 e. The molecule has 6 heteroatoms. The lowest BCUT2D eigenvalue weighted by Gasteiger charge is -2.05. The summed E-state index contributed by atoms with van der Waals surface area (Å²) in [6, 6.07) is 0. The number of hydrogen-bond acceptors (Lipinski definition) is 5. The largest absolute Gasteiger partial charge is 0.462 e. The Morgan fingerprint density at radius 2 is 1.58 bits per heavy atom. The molecule has 0 radical (unpaired) electrons. The maximum Gasteiger partial charge on any atom is 0.333 e. The highest BCUT2D eigenvalue weighted by atomic mass is 16.5. The molecule has 0 aliphatic rings. The molecule has 0 bridgehead atoms. The second-order valence-electron chi connectivity index (χ2n) is 5.33. The van der Waals surface area contributed by atoms with Crippen molar-refractivity contribution in [1.82, 2.24) is 10.6 Å². The average Bonchev–Trinajstić information content (AvgIpc) is 2.53. The first kappa shape index (κ1) is 27.0. The second kappa shape index (κ2) is 19.2. The molecule has 0 heterocycles. The smallest absolute Gasteiger partial charge is 0.333 e. The van der Waals surface area contributed by atoms with E-state index in [1.165, 1.54) is 0 Å². The molecule has 0 unspecified atom stereocenters. The Balaban J connectivity index is -0.000000324. The van der Waals surface area contributed by atoms with Crippen LogP contribution in [0.1, 0.15) is 53.9 Å². The van der Waals surface area contributed by atoms with Gasteiger partial charge in [-0.3, -0.25) is 4.79 Å². The van der Waals surface area contributed by atoms with Gasteiger partial charge in [0.2, 0.25) is 5.91 Å². The highest BCUT2D eigenvalue weighted by Gasteiger charge is 2.03. The van der Waals surface area contributed by atoms with Gasteiger partial charge in [-0.15, -0.1) is 0 Å². The number of allylic oxidation sites excluding steroid dienone is 1. The van der Waals surface area contributed by atoms with Crippen molar-refractivity contribution < 1.29 is 14.3 Å². The van der Waals surface area contributed by atoms with Crippen LogP contribution >= 0.6 is 0 Å². The molecule has 6 nitrogen and oxygen atoms in total. The highest BCUT2D eigenvalue weighted by molar-refractivity contribution is 5.93. The van der Waals surface area contributed by atoms with Gasteiger partial charge >= 0.3 is 5.97 Å². The van der Waals surface area contributed by atoms with Crippen molar-refractivity contribution >= 4 is 11.9 Å². The lowest BCUT2D eigenvalue weighted by atomic mass is 10.2. The summed E-state index contributed by atoms with van der Waals surface area (Å²) in [5.41, 5.74) is 7.13. The van der Waals surface area contributed by atoms with Crippen LogP contribution in [-0.2, 0) is 14.3 Å². The fraction of sp³-hybridized carbons (Fsp3) is 0.667. The molecule has 0 aromatic heterocycles. The number of carbonyl (C=O) groups excluding carboxylic acids is 2. The molecule has 0 fully saturated rings. The second-order valence-corrected chi connectivity index (χ2v) is 5.33. The van der Waals surface area contributed by atoms with Gasteiger partial charge < -0.3 is 21.1 Å². The minimum atomic E-state index is -0.295.